The van der Waals surface area contributed by atoms with Gasteiger partial charge >= 0.3 is 0 Å². The van der Waals surface area contributed by atoms with Gasteiger partial charge in [-0.25, -0.2) is 0 Å². The highest BCUT2D eigenvalue weighted by Gasteiger charge is 2.44. The lowest BCUT2D eigenvalue weighted by molar-refractivity contribution is -0.136. The van der Waals surface area contributed by atoms with Crippen LogP contribution in [-0.4, -0.2) is 143 Å². The van der Waals surface area contributed by atoms with Gasteiger partial charge in [-0.05, 0) is 37.5 Å². The number of nitrogens with one attached hydrogen (secondary N) is 1. The molecule has 13 nitrogen and oxygen atoms in total. The van der Waals surface area contributed by atoms with E-state index in [0.717, 1.165) is 37.2 Å². The molecule has 0 bridgehead atoms. The lowest BCUT2D eigenvalue weighted by Crippen LogP contribution is -2.54. The van der Waals surface area contributed by atoms with E-state index in [0.29, 0.717) is 52.0 Å². The van der Waals surface area contributed by atoms with E-state index in [-0.39, 0.29) is 30.6 Å². The van der Waals surface area contributed by atoms with E-state index >= 15 is 0 Å². The number of imide groups is 2. The number of hydrogen-bond acceptors (Lipinski definition) is 11. The van der Waals surface area contributed by atoms with Crippen molar-refractivity contribution >= 4 is 23.6 Å². The molecule has 3 aliphatic heterocycles. The van der Waals surface area contributed by atoms with Gasteiger partial charge in [-0.2, -0.15) is 0 Å². The van der Waals surface area contributed by atoms with E-state index in [1.807, 2.05) is 0 Å². The van der Waals surface area contributed by atoms with Crippen LogP contribution in [0.1, 0.15) is 65.7 Å². The fourth-order valence-electron chi connectivity index (χ4n) is 6.51. The highest BCUT2D eigenvalue weighted by atomic mass is 16.6. The third kappa shape index (κ3) is 9.55. The molecule has 1 aromatic carbocycles. The number of carbonyl (C=O) groups excluding carboxylic acids is 4. The Morgan fingerprint density at radius 3 is 1.93 bits per heavy atom. The van der Waals surface area contributed by atoms with E-state index in [4.69, 9.17) is 23.7 Å². The van der Waals surface area contributed by atoms with Crippen molar-refractivity contribution in [3.05, 3.63) is 29.3 Å². The number of piperazine rings is 1. The topological polar surface area (TPSA) is 136 Å². The van der Waals surface area contributed by atoms with Gasteiger partial charge in [0.25, 0.3) is 11.8 Å². The SMILES string of the molecule is O=C1CCC(N2C(=O)c3ccc(OCCOCCOCCOCCOCCN4CCN(C5CCCCC5)CC4)cc3C2=O)C(=O)N1. The molecule has 2 saturated heterocycles. The zero-order valence-electron chi connectivity index (χ0n) is 26.8. The van der Waals surface area contributed by atoms with Crippen molar-refractivity contribution in [1.82, 2.24) is 20.0 Å². The first-order valence-electron chi connectivity index (χ1n) is 16.8. The van der Waals surface area contributed by atoms with E-state index in [1.54, 1.807) is 6.07 Å². The Morgan fingerprint density at radius 2 is 1.28 bits per heavy atom. The molecule has 1 N–H and O–H groups in total. The third-order valence-corrected chi connectivity index (χ3v) is 9.07. The van der Waals surface area contributed by atoms with Crippen molar-refractivity contribution in [2.75, 3.05) is 92.2 Å². The summed E-state index contributed by atoms with van der Waals surface area (Å²) in [6, 6.07) is 4.43. The van der Waals surface area contributed by atoms with E-state index < -0.39 is 29.7 Å². The largest absolute Gasteiger partial charge is 0.491 e. The van der Waals surface area contributed by atoms with Gasteiger partial charge in [0.05, 0.1) is 64.0 Å². The number of ether oxygens (including phenoxy) is 5. The molecule has 0 aromatic heterocycles. The second kappa shape index (κ2) is 17.8. The molecule has 46 heavy (non-hydrogen) atoms. The second-order valence-corrected chi connectivity index (χ2v) is 12.1. The van der Waals surface area contributed by atoms with Gasteiger partial charge < -0.3 is 23.7 Å². The van der Waals surface area contributed by atoms with Crippen molar-refractivity contribution < 1.29 is 42.9 Å². The number of fused-ring (bicyclic) bond motifs is 1. The van der Waals surface area contributed by atoms with Crippen molar-refractivity contribution in [3.63, 3.8) is 0 Å². The van der Waals surface area contributed by atoms with Gasteiger partial charge in [0.2, 0.25) is 11.8 Å². The number of piperidine rings is 1. The summed E-state index contributed by atoms with van der Waals surface area (Å²) in [5.74, 6) is -1.75. The van der Waals surface area contributed by atoms with Crippen LogP contribution in [0.3, 0.4) is 0 Å². The summed E-state index contributed by atoms with van der Waals surface area (Å²) >= 11 is 0. The zero-order chi connectivity index (χ0) is 32.1. The van der Waals surface area contributed by atoms with E-state index in [1.165, 1.54) is 57.3 Å². The maximum atomic E-state index is 12.9. The number of hydrogen-bond donors (Lipinski definition) is 1. The van der Waals surface area contributed by atoms with Gasteiger partial charge in [-0.1, -0.05) is 19.3 Å². The minimum atomic E-state index is -0.997. The molecular formula is C33H48N4O9. The molecule has 3 fully saturated rings. The fourth-order valence-corrected chi connectivity index (χ4v) is 6.51. The van der Waals surface area contributed by atoms with Crippen LogP contribution in [0.2, 0.25) is 0 Å². The number of benzene rings is 1. The molecule has 13 heteroatoms. The molecule has 0 radical (unpaired) electrons. The van der Waals surface area contributed by atoms with Crippen LogP contribution in [0, 0.1) is 0 Å². The molecule has 4 amide bonds. The molecule has 254 valence electrons. The van der Waals surface area contributed by atoms with Crippen LogP contribution in [0.5, 0.6) is 5.75 Å². The number of carbonyl (C=O) groups is 4. The lowest BCUT2D eigenvalue weighted by atomic mass is 9.94. The van der Waals surface area contributed by atoms with Crippen LogP contribution >= 0.6 is 0 Å². The standard InChI is InChI=1S/C33H48N4O9/c38-30-9-8-29(31(39)34-30)37-32(40)27-7-6-26(24-28(27)33(37)41)46-23-22-45-21-20-44-19-18-43-17-16-42-15-14-35-10-12-36(13-11-35)25-4-2-1-3-5-25/h6-7,24-25,29H,1-5,8-23H2,(H,34,38,39). The second-order valence-electron chi connectivity index (χ2n) is 12.1. The Balaban J connectivity index is 0.827. The molecule has 3 heterocycles. The summed E-state index contributed by atoms with van der Waals surface area (Å²) in [7, 11) is 0. The Morgan fingerprint density at radius 1 is 0.674 bits per heavy atom. The third-order valence-electron chi connectivity index (χ3n) is 9.07. The van der Waals surface area contributed by atoms with Gasteiger partial charge in [0.1, 0.15) is 18.4 Å². The van der Waals surface area contributed by atoms with E-state index in [9.17, 15) is 19.2 Å². The first-order valence-corrected chi connectivity index (χ1v) is 16.8. The molecule has 5 rings (SSSR count). The van der Waals surface area contributed by atoms with Crippen LogP contribution < -0.4 is 10.1 Å². The van der Waals surface area contributed by atoms with Crippen molar-refractivity contribution in [2.24, 2.45) is 0 Å². The first kappa shape index (κ1) is 34.4. The van der Waals surface area contributed by atoms with Crippen molar-refractivity contribution in [1.29, 1.82) is 0 Å². The monoisotopic (exact) mass is 644 g/mol. The Bertz CT molecular complexity index is 1180. The quantitative estimate of drug-likeness (QED) is 0.184. The molecule has 1 aliphatic carbocycles. The summed E-state index contributed by atoms with van der Waals surface area (Å²) in [6.07, 6.45) is 7.15. The van der Waals surface area contributed by atoms with E-state index in [2.05, 4.69) is 15.1 Å². The average Bonchev–Trinajstić information content (AvgIpc) is 3.32. The van der Waals surface area contributed by atoms with Gasteiger partial charge in [0.15, 0.2) is 0 Å². The maximum Gasteiger partial charge on any atom is 0.262 e. The predicted octanol–water partition coefficient (Wildman–Crippen LogP) is 1.48. The summed E-state index contributed by atoms with van der Waals surface area (Å²) in [6.45, 7) is 9.86. The summed E-state index contributed by atoms with van der Waals surface area (Å²) < 4.78 is 28.1. The molecule has 0 spiro atoms. The molecule has 1 unspecified atom stereocenters. The predicted molar refractivity (Wildman–Crippen MR) is 167 cm³/mol. The number of nitrogens with zero attached hydrogens (tertiary/aromatic N) is 3. The first-order chi connectivity index (χ1) is 22.5. The summed E-state index contributed by atoms with van der Waals surface area (Å²) in [4.78, 5) is 55.5. The van der Waals surface area contributed by atoms with Crippen LogP contribution in [0.4, 0.5) is 0 Å². The number of amides is 4. The number of rotatable bonds is 18. The fraction of sp³-hybridized carbons (Fsp3) is 0.697. The lowest BCUT2D eigenvalue weighted by Gasteiger charge is -2.40. The van der Waals surface area contributed by atoms with Gasteiger partial charge in [0, 0.05) is 45.2 Å². The molecule has 1 saturated carbocycles. The Hall–Kier alpha value is -2.94. The van der Waals surface area contributed by atoms with Crippen LogP contribution in [0.15, 0.2) is 18.2 Å². The van der Waals surface area contributed by atoms with Crippen molar-refractivity contribution in [3.8, 4) is 5.75 Å². The van der Waals surface area contributed by atoms with Crippen LogP contribution in [0.25, 0.3) is 0 Å². The highest BCUT2D eigenvalue weighted by Crippen LogP contribution is 2.30. The normalized spacial score (nSPS) is 21.6. The van der Waals surface area contributed by atoms with Gasteiger partial charge in [-0.3, -0.25) is 39.2 Å². The van der Waals surface area contributed by atoms with Crippen LogP contribution in [-0.2, 0) is 28.5 Å². The zero-order valence-corrected chi connectivity index (χ0v) is 26.8. The maximum absolute atomic E-state index is 12.9. The minimum absolute atomic E-state index is 0.0745. The van der Waals surface area contributed by atoms with Crippen molar-refractivity contribution in [2.45, 2.75) is 57.0 Å². The Kier molecular flexibility index (Phi) is 13.3. The van der Waals surface area contributed by atoms with Gasteiger partial charge in [-0.15, -0.1) is 0 Å². The highest BCUT2D eigenvalue weighted by molar-refractivity contribution is 6.23. The average molecular weight is 645 g/mol. The molecule has 1 atom stereocenters. The summed E-state index contributed by atoms with van der Waals surface area (Å²) in [5.41, 5.74) is 0.384. The smallest absolute Gasteiger partial charge is 0.262 e. The Labute approximate surface area is 270 Å². The molecular weight excluding hydrogens is 596 g/mol. The minimum Gasteiger partial charge on any atom is -0.491 e. The molecule has 1 aromatic rings. The molecule has 4 aliphatic rings. The summed E-state index contributed by atoms with van der Waals surface area (Å²) in [5, 5.41) is 2.19.